The van der Waals surface area contributed by atoms with Crippen molar-refractivity contribution >= 4 is 62.5 Å². The predicted molar refractivity (Wildman–Crippen MR) is 133 cm³/mol. The van der Waals surface area contributed by atoms with E-state index in [0.717, 1.165) is 21.3 Å². The Balaban J connectivity index is 1.76. The molecule has 5 nitrogen and oxygen atoms in total. The minimum Gasteiger partial charge on any atom is -0.325 e. The molecular formula is C22H21BrCl2N4OS. The fourth-order valence-corrected chi connectivity index (χ4v) is 4.40. The van der Waals surface area contributed by atoms with E-state index >= 15 is 0 Å². The Labute approximate surface area is 204 Å². The third-order valence-electron chi connectivity index (χ3n) is 4.45. The van der Waals surface area contributed by atoms with Crippen molar-refractivity contribution in [1.29, 1.82) is 0 Å². The number of nitrogens with one attached hydrogen (secondary N) is 1. The van der Waals surface area contributed by atoms with Crippen molar-refractivity contribution in [1.82, 2.24) is 14.8 Å². The normalized spacial score (nSPS) is 11.0. The zero-order valence-electron chi connectivity index (χ0n) is 17.0. The van der Waals surface area contributed by atoms with E-state index in [9.17, 15) is 4.79 Å². The summed E-state index contributed by atoms with van der Waals surface area (Å²) in [5.41, 5.74) is 2.67. The van der Waals surface area contributed by atoms with E-state index in [2.05, 4.69) is 51.9 Å². The van der Waals surface area contributed by atoms with E-state index in [1.165, 1.54) is 11.8 Å². The maximum atomic E-state index is 12.6. The van der Waals surface area contributed by atoms with Gasteiger partial charge in [0, 0.05) is 22.3 Å². The molecule has 1 amide bonds. The minimum absolute atomic E-state index is 0.113. The van der Waals surface area contributed by atoms with E-state index in [1.54, 1.807) is 18.2 Å². The summed E-state index contributed by atoms with van der Waals surface area (Å²) in [6.45, 7) is 8.49. The first kappa shape index (κ1) is 23.9. The molecule has 0 aliphatic rings. The van der Waals surface area contributed by atoms with Gasteiger partial charge in [0.15, 0.2) is 11.0 Å². The van der Waals surface area contributed by atoms with Crippen LogP contribution in [0.3, 0.4) is 0 Å². The maximum absolute atomic E-state index is 12.6. The number of hydrogen-bond donors (Lipinski definition) is 1. The molecule has 0 spiro atoms. The lowest BCUT2D eigenvalue weighted by Crippen LogP contribution is -2.16. The molecule has 31 heavy (non-hydrogen) atoms. The first-order chi connectivity index (χ1) is 14.8. The van der Waals surface area contributed by atoms with Crippen LogP contribution < -0.4 is 5.32 Å². The summed E-state index contributed by atoms with van der Waals surface area (Å²) in [4.78, 5) is 12.6. The van der Waals surface area contributed by atoms with E-state index in [-0.39, 0.29) is 17.6 Å². The van der Waals surface area contributed by atoms with E-state index in [0.29, 0.717) is 27.6 Å². The Morgan fingerprint density at radius 2 is 2.00 bits per heavy atom. The summed E-state index contributed by atoms with van der Waals surface area (Å²) < 4.78 is 2.87. The van der Waals surface area contributed by atoms with Crippen molar-refractivity contribution in [2.45, 2.75) is 31.5 Å². The quantitative estimate of drug-likeness (QED) is 0.246. The molecule has 0 radical (unpaired) electrons. The summed E-state index contributed by atoms with van der Waals surface area (Å²) in [6, 6.07) is 11.1. The van der Waals surface area contributed by atoms with E-state index < -0.39 is 0 Å². The standard InChI is InChI=1S/C22H21BrCl2N4OS/c1-4-9-29-21(14-5-7-17(24)18(25)10-14)27-28-22(29)31-12-20(30)26-19-8-6-15(23)11-16(19)13(2)3/h4-8,10-11,13H,1,9,12H2,2-3H3,(H,26,30). The van der Waals surface area contributed by atoms with Crippen LogP contribution in [0, 0.1) is 0 Å². The number of hydrogen-bond acceptors (Lipinski definition) is 4. The van der Waals surface area contributed by atoms with Gasteiger partial charge in [-0.05, 0) is 47.9 Å². The van der Waals surface area contributed by atoms with E-state index in [1.807, 2.05) is 28.8 Å². The molecule has 9 heteroatoms. The topological polar surface area (TPSA) is 59.8 Å². The molecule has 3 rings (SSSR count). The molecule has 0 aliphatic heterocycles. The fourth-order valence-electron chi connectivity index (χ4n) is 2.98. The molecule has 3 aromatic rings. The van der Waals surface area contributed by atoms with Gasteiger partial charge in [0.25, 0.3) is 0 Å². The summed E-state index contributed by atoms with van der Waals surface area (Å²) >= 11 is 17.0. The Bertz CT molecular complexity index is 1120. The van der Waals surface area contributed by atoms with Crippen LogP contribution >= 0.6 is 50.9 Å². The molecule has 0 unspecified atom stereocenters. The van der Waals surface area contributed by atoms with Gasteiger partial charge >= 0.3 is 0 Å². The number of thioether (sulfide) groups is 1. The Morgan fingerprint density at radius 1 is 1.23 bits per heavy atom. The second-order valence-electron chi connectivity index (χ2n) is 7.06. The average molecular weight is 540 g/mol. The molecule has 0 fully saturated rings. The van der Waals surface area contributed by atoms with Crippen LogP contribution in [0.4, 0.5) is 5.69 Å². The highest BCUT2D eigenvalue weighted by Crippen LogP contribution is 2.31. The largest absolute Gasteiger partial charge is 0.325 e. The predicted octanol–water partition coefficient (Wildman–Crippen LogP) is 7.05. The number of rotatable bonds is 8. The van der Waals surface area contributed by atoms with Gasteiger partial charge in [-0.3, -0.25) is 9.36 Å². The third kappa shape index (κ3) is 5.92. The molecule has 0 saturated carbocycles. The van der Waals surface area contributed by atoms with Crippen molar-refractivity contribution in [3.8, 4) is 11.4 Å². The summed E-state index contributed by atoms with van der Waals surface area (Å²) in [6.07, 6.45) is 1.76. The molecule has 1 N–H and O–H groups in total. The van der Waals surface area contributed by atoms with Gasteiger partial charge in [-0.25, -0.2) is 0 Å². The number of halogens is 3. The first-order valence-electron chi connectivity index (χ1n) is 9.51. The molecule has 0 aliphatic carbocycles. The highest BCUT2D eigenvalue weighted by Gasteiger charge is 2.17. The number of carbonyl (C=O) groups excluding carboxylic acids is 1. The SMILES string of the molecule is C=CCn1c(SCC(=O)Nc2ccc(Br)cc2C(C)C)nnc1-c1ccc(Cl)c(Cl)c1. The van der Waals surface area contributed by atoms with Crippen molar-refractivity contribution in [3.63, 3.8) is 0 Å². The number of allylic oxidation sites excluding steroid dienone is 1. The Kier molecular flexibility index (Phi) is 8.22. The van der Waals surface area contributed by atoms with Gasteiger partial charge in [-0.2, -0.15) is 0 Å². The second-order valence-corrected chi connectivity index (χ2v) is 9.73. The van der Waals surface area contributed by atoms with Crippen LogP contribution in [0.1, 0.15) is 25.3 Å². The van der Waals surface area contributed by atoms with Crippen LogP contribution in [0.2, 0.25) is 10.0 Å². The number of nitrogens with zero attached hydrogens (tertiary/aromatic N) is 3. The minimum atomic E-state index is -0.113. The van der Waals surface area contributed by atoms with Crippen LogP contribution in [0.25, 0.3) is 11.4 Å². The molecule has 1 heterocycles. The van der Waals surface area contributed by atoms with Gasteiger partial charge in [0.1, 0.15) is 0 Å². The first-order valence-corrected chi connectivity index (χ1v) is 12.0. The summed E-state index contributed by atoms with van der Waals surface area (Å²) in [5, 5.41) is 13.1. The van der Waals surface area contributed by atoms with Gasteiger partial charge in [0.05, 0.1) is 15.8 Å². The molecule has 1 aromatic heterocycles. The lowest BCUT2D eigenvalue weighted by atomic mass is 10.0. The monoisotopic (exact) mass is 538 g/mol. The number of aromatic nitrogens is 3. The zero-order chi connectivity index (χ0) is 22.5. The summed E-state index contributed by atoms with van der Waals surface area (Å²) in [7, 11) is 0. The fraction of sp³-hybridized carbons (Fsp3) is 0.227. The van der Waals surface area contributed by atoms with Gasteiger partial charge < -0.3 is 5.32 Å². The number of amides is 1. The number of benzene rings is 2. The highest BCUT2D eigenvalue weighted by molar-refractivity contribution is 9.10. The smallest absolute Gasteiger partial charge is 0.234 e. The van der Waals surface area contributed by atoms with Gasteiger partial charge in [-0.15, -0.1) is 16.8 Å². The lowest BCUT2D eigenvalue weighted by molar-refractivity contribution is -0.113. The Morgan fingerprint density at radius 3 is 2.68 bits per heavy atom. The van der Waals surface area contributed by atoms with Crippen molar-refractivity contribution < 1.29 is 4.79 Å². The highest BCUT2D eigenvalue weighted by atomic mass is 79.9. The second kappa shape index (κ2) is 10.7. The number of carbonyl (C=O) groups is 1. The van der Waals surface area contributed by atoms with Crippen molar-refractivity contribution in [3.05, 3.63) is 69.1 Å². The average Bonchev–Trinajstić information content (AvgIpc) is 3.12. The molecular weight excluding hydrogens is 519 g/mol. The lowest BCUT2D eigenvalue weighted by Gasteiger charge is -2.14. The van der Waals surface area contributed by atoms with Crippen LogP contribution in [0.5, 0.6) is 0 Å². The molecule has 2 aromatic carbocycles. The van der Waals surface area contributed by atoms with Crippen LogP contribution in [-0.4, -0.2) is 26.4 Å². The van der Waals surface area contributed by atoms with Gasteiger partial charge in [0.2, 0.25) is 5.91 Å². The van der Waals surface area contributed by atoms with Crippen molar-refractivity contribution in [2.75, 3.05) is 11.1 Å². The van der Waals surface area contributed by atoms with Crippen LogP contribution in [0.15, 0.2) is 58.7 Å². The molecule has 162 valence electrons. The van der Waals surface area contributed by atoms with Crippen molar-refractivity contribution in [2.24, 2.45) is 0 Å². The van der Waals surface area contributed by atoms with Crippen LogP contribution in [-0.2, 0) is 11.3 Å². The Hall–Kier alpha value is -1.80. The third-order valence-corrected chi connectivity index (χ3v) is 6.65. The van der Waals surface area contributed by atoms with E-state index in [4.69, 9.17) is 23.2 Å². The molecule has 0 atom stereocenters. The summed E-state index contributed by atoms with van der Waals surface area (Å²) in [5.74, 6) is 1.00. The maximum Gasteiger partial charge on any atom is 0.234 e. The number of anilines is 1. The zero-order valence-corrected chi connectivity index (χ0v) is 20.9. The van der Waals surface area contributed by atoms with Gasteiger partial charge in [-0.1, -0.05) is 70.8 Å². The molecule has 0 saturated heterocycles. The molecule has 0 bridgehead atoms.